The zero-order chi connectivity index (χ0) is 94.6. The van der Waals surface area contributed by atoms with Gasteiger partial charge in [-0.25, -0.2) is 44.9 Å². The lowest BCUT2D eigenvalue weighted by atomic mass is 9.97. The van der Waals surface area contributed by atoms with E-state index in [1.165, 1.54) is 146 Å². The molecule has 27 rings (SSSR count). The Balaban J connectivity index is 0.000000111. The molecule has 0 atom stereocenters. The minimum Gasteiger partial charge on any atom is -0.208 e. The second kappa shape index (κ2) is 34.8. The molecule has 9 nitrogen and oxygen atoms in total. The maximum absolute atomic E-state index is 5.24. The molecule has 24 aromatic rings. The maximum atomic E-state index is 5.24. The summed E-state index contributed by atoms with van der Waals surface area (Å²) in [6.45, 7) is 14.8. The molecule has 0 spiro atoms. The fourth-order valence-electron chi connectivity index (χ4n) is 21.8. The third kappa shape index (κ3) is 15.4. The highest BCUT2D eigenvalue weighted by atomic mass is 28.3. The molecule has 3 aromatic heterocycles. The van der Waals surface area contributed by atoms with E-state index in [-0.39, 0.29) is 0 Å². The molecule has 3 aliphatic heterocycles. The van der Waals surface area contributed by atoms with Crippen LogP contribution in [0.5, 0.6) is 0 Å². The molecule has 0 aliphatic carbocycles. The number of benzene rings is 21. The summed E-state index contributed by atoms with van der Waals surface area (Å²) in [7, 11) is -5.89. The van der Waals surface area contributed by atoms with E-state index in [9.17, 15) is 0 Å². The Bertz CT molecular complexity index is 9090. The zero-order valence-electron chi connectivity index (χ0n) is 78.8. The van der Waals surface area contributed by atoms with Crippen LogP contribution in [0.2, 0.25) is 39.3 Å². The highest BCUT2D eigenvalue weighted by Crippen LogP contribution is 2.44. The lowest BCUT2D eigenvalue weighted by Gasteiger charge is -2.22. The predicted molar refractivity (Wildman–Crippen MR) is 596 cm³/mol. The Morgan fingerprint density at radius 2 is 0.383 bits per heavy atom. The number of nitrogens with zero attached hydrogens (tertiary/aromatic N) is 9. The van der Waals surface area contributed by atoms with Crippen LogP contribution in [0.15, 0.2) is 455 Å². The molecular weight excluding hydrogens is 1760 g/mol. The van der Waals surface area contributed by atoms with Gasteiger partial charge in [0.2, 0.25) is 0 Å². The SMILES string of the molecule is C[Si]1(C)c2cc(-c3nc(-c4ccccc4)nc(-c4ccc5cc(-c6ccccc6)ccc5c4)n3)ccc2-c2c1ccc1ccccc21.C[Si]1(C)c2ccc(-c3nc(-c4ccccc4)nc(-c4ccc5cc(-c6ccccc6)ccc5c4)n3)cc2-c2c1ccc1ccccc21.C[Si]1(C)c2ccc3ccccc3c2-c2cccc(-c3nc(-c4ccccc4)nc(-c4ccc5cc(-c6ccccc6)ccc5c4)n3)c21. The van der Waals surface area contributed by atoms with Crippen LogP contribution in [0, 0.1) is 0 Å². The van der Waals surface area contributed by atoms with E-state index in [1.54, 1.807) is 0 Å². The van der Waals surface area contributed by atoms with Crippen molar-refractivity contribution in [3.63, 3.8) is 0 Å². The van der Waals surface area contributed by atoms with Crippen molar-refractivity contribution in [2.75, 3.05) is 0 Å². The molecule has 141 heavy (non-hydrogen) atoms. The quantitative estimate of drug-likeness (QED) is 0.110. The minimum absolute atomic E-state index is 0.670. The Hall–Kier alpha value is -17.1. The predicted octanol–water partition coefficient (Wildman–Crippen LogP) is 28.9. The lowest BCUT2D eigenvalue weighted by Crippen LogP contribution is -2.50. The summed E-state index contributed by atoms with van der Waals surface area (Å²) in [5.41, 5.74) is 24.3. The molecule has 0 saturated carbocycles. The standard InChI is InChI=1S/3C43H31N3Si/c1-47(2)38-25-24-29-14-9-10-17-35(29)39(38)36-18-11-19-37(40(36)47)43-45-41(30-15-7-4-8-16-30)44-42(46-43)34-23-22-32-26-31(20-21-33(32)27-34)28-12-5-3-6-13-28;1-47(2)38-23-22-35(27-37(38)40-36-16-10-9-13-29(36)21-24-39(40)47)43-45-41(30-14-7-4-8-15-30)44-42(46-43)34-20-19-32-25-31(17-18-33(32)26-34)28-11-5-3-6-12-28;1-47(2)38-24-22-29-13-9-10-16-36(29)40(38)37-23-21-35(27-39(37)47)43-45-41(30-14-7-4-8-15-30)44-42(46-43)34-20-19-32-25-31(17-18-33(32)26-34)28-11-5-3-6-12-28/h3*3-27H,1-2H3. The highest BCUT2D eigenvalue weighted by Gasteiger charge is 2.43. The maximum Gasteiger partial charge on any atom is 0.164 e. The van der Waals surface area contributed by atoms with Gasteiger partial charge in [0, 0.05) is 50.1 Å². The van der Waals surface area contributed by atoms with Gasteiger partial charge in [-0.15, -0.1) is 0 Å². The molecule has 0 bridgehead atoms. The lowest BCUT2D eigenvalue weighted by molar-refractivity contribution is 1.07. The summed E-state index contributed by atoms with van der Waals surface area (Å²) >= 11 is 0. The first-order valence-corrected chi connectivity index (χ1v) is 57.4. The van der Waals surface area contributed by atoms with Crippen LogP contribution in [0.1, 0.15) is 0 Å². The highest BCUT2D eigenvalue weighted by molar-refractivity contribution is 7.05. The summed E-state index contributed by atoms with van der Waals surface area (Å²) in [6.07, 6.45) is 0. The van der Waals surface area contributed by atoms with Gasteiger partial charge in [-0.3, -0.25) is 0 Å². The molecule has 0 saturated heterocycles. The molecular formula is C129H93N9Si3. The van der Waals surface area contributed by atoms with Crippen LogP contribution in [0.4, 0.5) is 0 Å². The summed E-state index contributed by atoms with van der Waals surface area (Å²) in [6, 6.07) is 162. The van der Waals surface area contributed by atoms with E-state index < -0.39 is 24.2 Å². The van der Waals surface area contributed by atoms with Crippen molar-refractivity contribution in [2.24, 2.45) is 0 Å². The Morgan fingerprint density at radius 3 is 0.759 bits per heavy atom. The van der Waals surface area contributed by atoms with Gasteiger partial charge in [0.05, 0.1) is 0 Å². The average molecular weight is 1850 g/mol. The third-order valence-corrected chi connectivity index (χ3v) is 39.7. The van der Waals surface area contributed by atoms with E-state index in [2.05, 4.69) is 440 Å². The number of hydrogen-bond donors (Lipinski definition) is 0. The van der Waals surface area contributed by atoms with Gasteiger partial charge in [0.15, 0.2) is 52.4 Å². The van der Waals surface area contributed by atoms with E-state index in [4.69, 9.17) is 44.9 Å². The monoisotopic (exact) mass is 1850 g/mol. The normalized spacial score (nSPS) is 13.1. The summed E-state index contributed by atoms with van der Waals surface area (Å²) in [5.74, 6) is 6.17. The van der Waals surface area contributed by atoms with Crippen molar-refractivity contribution < 1.29 is 0 Å². The fraction of sp³-hybridized carbons (Fsp3) is 0.0465. The molecule has 0 radical (unpaired) electrons. The van der Waals surface area contributed by atoms with Gasteiger partial charge in [0.25, 0.3) is 0 Å². The van der Waals surface area contributed by atoms with Crippen LogP contribution in [0.3, 0.4) is 0 Å². The van der Waals surface area contributed by atoms with Gasteiger partial charge in [-0.05, 0) is 205 Å². The first-order chi connectivity index (χ1) is 69.1. The number of aromatic nitrogens is 9. The average Bonchev–Trinajstić information content (AvgIpc) is 1.54. The van der Waals surface area contributed by atoms with Crippen molar-refractivity contribution in [1.29, 1.82) is 0 Å². The molecule has 0 amide bonds. The summed E-state index contributed by atoms with van der Waals surface area (Å²) in [5, 5.41) is 23.6. The van der Waals surface area contributed by atoms with E-state index in [1.807, 2.05) is 54.6 Å². The first kappa shape index (κ1) is 85.5. The Kier molecular flexibility index (Phi) is 21.1. The molecule has 12 heteroatoms. The van der Waals surface area contributed by atoms with Gasteiger partial charge in [-0.1, -0.05) is 452 Å². The van der Waals surface area contributed by atoms with Crippen molar-refractivity contribution in [3.05, 3.63) is 455 Å². The molecule has 6 heterocycles. The van der Waals surface area contributed by atoms with Crippen LogP contribution in [-0.4, -0.2) is 69.1 Å². The minimum atomic E-state index is -2.09. The van der Waals surface area contributed by atoms with E-state index in [0.717, 1.165) is 72.1 Å². The molecule has 0 fully saturated rings. The van der Waals surface area contributed by atoms with Gasteiger partial charge < -0.3 is 0 Å². The number of fused-ring (bicyclic) bond motifs is 18. The first-order valence-electron chi connectivity index (χ1n) is 48.4. The molecule has 0 N–H and O–H groups in total. The van der Waals surface area contributed by atoms with Gasteiger partial charge >= 0.3 is 0 Å². The third-order valence-electron chi connectivity index (χ3n) is 29.1. The van der Waals surface area contributed by atoms with E-state index in [0.29, 0.717) is 46.6 Å². The van der Waals surface area contributed by atoms with Gasteiger partial charge in [-0.2, -0.15) is 0 Å². The molecule has 666 valence electrons. The summed E-state index contributed by atoms with van der Waals surface area (Å²) in [4.78, 5) is 46.0. The molecule has 3 aliphatic rings. The summed E-state index contributed by atoms with van der Waals surface area (Å²) < 4.78 is 0. The van der Waals surface area contributed by atoms with Gasteiger partial charge in [0.1, 0.15) is 24.2 Å². The fourth-order valence-corrected chi connectivity index (χ4v) is 31.3. The Labute approximate surface area is 822 Å². The van der Waals surface area contributed by atoms with Crippen LogP contribution < -0.4 is 31.1 Å². The topological polar surface area (TPSA) is 116 Å². The van der Waals surface area contributed by atoms with Crippen LogP contribution in [0.25, 0.3) is 234 Å². The second-order valence-corrected chi connectivity index (χ2v) is 51.6. The van der Waals surface area contributed by atoms with E-state index >= 15 is 0 Å². The second-order valence-electron chi connectivity index (χ2n) is 38.7. The van der Waals surface area contributed by atoms with Crippen molar-refractivity contribution in [2.45, 2.75) is 39.3 Å². The number of rotatable bonds is 12. The van der Waals surface area contributed by atoms with Crippen LogP contribution >= 0.6 is 0 Å². The van der Waals surface area contributed by atoms with Crippen molar-refractivity contribution in [3.8, 4) is 169 Å². The molecule has 21 aromatic carbocycles. The van der Waals surface area contributed by atoms with Crippen molar-refractivity contribution in [1.82, 2.24) is 44.9 Å². The largest absolute Gasteiger partial charge is 0.208 e. The van der Waals surface area contributed by atoms with Crippen LogP contribution in [-0.2, 0) is 0 Å². The zero-order valence-corrected chi connectivity index (χ0v) is 81.8. The number of hydrogen-bond acceptors (Lipinski definition) is 9. The molecule has 0 unspecified atom stereocenters. The van der Waals surface area contributed by atoms with Crippen molar-refractivity contribution >= 4 is 120 Å². The smallest absolute Gasteiger partial charge is 0.164 e. The Morgan fingerprint density at radius 1 is 0.135 bits per heavy atom.